The smallest absolute Gasteiger partial charge is 0.316 e. The van der Waals surface area contributed by atoms with Gasteiger partial charge in [0.25, 0.3) is 0 Å². The number of nitrogens with one attached hydrogen (secondary N) is 1. The van der Waals surface area contributed by atoms with E-state index in [1.807, 2.05) is 26.8 Å². The molecule has 0 aromatic heterocycles. The summed E-state index contributed by atoms with van der Waals surface area (Å²) in [4.78, 5) is 12.8. The first-order valence-corrected chi connectivity index (χ1v) is 8.81. The third-order valence-corrected chi connectivity index (χ3v) is 4.44. The second-order valence-corrected chi connectivity index (χ2v) is 8.05. The number of carbonyl (C=O) groups excluding carboxylic acids is 1. The van der Waals surface area contributed by atoms with Crippen LogP contribution in [0.1, 0.15) is 40.2 Å². The highest BCUT2D eigenvalue weighted by Gasteiger charge is 2.16. The Morgan fingerprint density at radius 1 is 1.38 bits per heavy atom. The molecular weight excluding hydrogens is 350 g/mol. The zero-order valence-electron chi connectivity index (χ0n) is 13.3. The molecule has 0 amide bonds. The van der Waals surface area contributed by atoms with Crippen LogP contribution in [0.4, 0.5) is 0 Å². The van der Waals surface area contributed by atoms with Crippen LogP contribution in [0.25, 0.3) is 0 Å². The molecule has 1 aromatic rings. The van der Waals surface area contributed by atoms with Gasteiger partial charge in [0.2, 0.25) is 0 Å². The third-order valence-electron chi connectivity index (χ3n) is 2.48. The van der Waals surface area contributed by atoms with E-state index < -0.39 is 5.60 Å². The molecule has 0 saturated carbocycles. The van der Waals surface area contributed by atoms with Crippen molar-refractivity contribution in [3.63, 3.8) is 0 Å². The van der Waals surface area contributed by atoms with E-state index in [1.54, 1.807) is 0 Å². The molecular formula is C16H24BrNO2S. The lowest BCUT2D eigenvalue weighted by atomic mass is 10.2. The number of benzene rings is 1. The van der Waals surface area contributed by atoms with Crippen LogP contribution in [0.15, 0.2) is 27.6 Å². The summed E-state index contributed by atoms with van der Waals surface area (Å²) in [6.45, 7) is 10.7. The summed E-state index contributed by atoms with van der Waals surface area (Å²) in [5, 5.41) is 3.38. The van der Waals surface area contributed by atoms with E-state index in [0.717, 1.165) is 15.9 Å². The molecule has 3 nitrogen and oxygen atoms in total. The van der Waals surface area contributed by atoms with E-state index in [0.29, 0.717) is 11.8 Å². The molecule has 1 aromatic carbocycles. The Bertz CT molecular complexity index is 484. The van der Waals surface area contributed by atoms with Crippen molar-refractivity contribution in [2.45, 2.75) is 57.7 Å². The third kappa shape index (κ3) is 7.88. The van der Waals surface area contributed by atoms with Crippen molar-refractivity contribution in [1.82, 2.24) is 5.32 Å². The first-order chi connectivity index (χ1) is 9.67. The van der Waals surface area contributed by atoms with Crippen molar-refractivity contribution in [2.24, 2.45) is 0 Å². The maximum atomic E-state index is 11.7. The molecule has 0 bridgehead atoms. The average Bonchev–Trinajstić information content (AvgIpc) is 2.33. The Morgan fingerprint density at radius 3 is 2.57 bits per heavy atom. The van der Waals surface area contributed by atoms with Gasteiger partial charge in [-0.2, -0.15) is 0 Å². The second-order valence-electron chi connectivity index (χ2n) is 6.18. The molecule has 0 saturated heterocycles. The highest BCUT2D eigenvalue weighted by atomic mass is 79.9. The predicted molar refractivity (Wildman–Crippen MR) is 92.7 cm³/mol. The Balaban J connectivity index is 2.55. The lowest BCUT2D eigenvalue weighted by Gasteiger charge is -2.19. The highest BCUT2D eigenvalue weighted by Crippen LogP contribution is 2.29. The molecule has 0 unspecified atom stereocenters. The van der Waals surface area contributed by atoms with Crippen molar-refractivity contribution >= 4 is 33.7 Å². The monoisotopic (exact) mass is 373 g/mol. The maximum absolute atomic E-state index is 11.7. The van der Waals surface area contributed by atoms with Crippen LogP contribution in [-0.4, -0.2) is 23.4 Å². The number of rotatable bonds is 6. The topological polar surface area (TPSA) is 38.3 Å². The summed E-state index contributed by atoms with van der Waals surface area (Å²) >= 11 is 5.05. The normalized spacial score (nSPS) is 11.8. The number of hydrogen-bond donors (Lipinski definition) is 1. The standard InChI is InChI=1S/C16H24BrNO2S/c1-11(2)18-9-12-6-7-14(13(17)8-12)21-10-15(19)20-16(3,4)5/h6-8,11,18H,9-10H2,1-5H3. The number of ether oxygens (including phenoxy) is 1. The van der Waals surface area contributed by atoms with Crippen LogP contribution in [0, 0.1) is 0 Å². The molecule has 0 aliphatic carbocycles. The van der Waals surface area contributed by atoms with Crippen LogP contribution >= 0.6 is 27.7 Å². The Kier molecular flexibility index (Phi) is 7.24. The van der Waals surface area contributed by atoms with Crippen molar-refractivity contribution in [3.05, 3.63) is 28.2 Å². The SMILES string of the molecule is CC(C)NCc1ccc(SCC(=O)OC(C)(C)C)c(Br)c1. The molecule has 0 atom stereocenters. The van der Waals surface area contributed by atoms with E-state index >= 15 is 0 Å². The largest absolute Gasteiger partial charge is 0.459 e. The number of carbonyl (C=O) groups is 1. The summed E-state index contributed by atoms with van der Waals surface area (Å²) in [7, 11) is 0. The molecule has 0 radical (unpaired) electrons. The molecule has 1 N–H and O–H groups in total. The summed E-state index contributed by atoms with van der Waals surface area (Å²) in [6.07, 6.45) is 0. The minimum absolute atomic E-state index is 0.190. The van der Waals surface area contributed by atoms with Crippen molar-refractivity contribution < 1.29 is 9.53 Å². The molecule has 0 spiro atoms. The van der Waals surface area contributed by atoms with Crippen molar-refractivity contribution in [1.29, 1.82) is 0 Å². The van der Waals surface area contributed by atoms with Gasteiger partial charge in [-0.25, -0.2) is 0 Å². The molecule has 0 heterocycles. The number of esters is 1. The number of halogens is 1. The minimum atomic E-state index is -0.429. The number of hydrogen-bond acceptors (Lipinski definition) is 4. The van der Waals surface area contributed by atoms with Gasteiger partial charge >= 0.3 is 5.97 Å². The predicted octanol–water partition coefficient (Wildman–Crippen LogP) is 4.38. The summed E-state index contributed by atoms with van der Waals surface area (Å²) in [5.41, 5.74) is 0.790. The van der Waals surface area contributed by atoms with Gasteiger partial charge in [-0.15, -0.1) is 11.8 Å². The molecule has 0 aliphatic heterocycles. The second kappa shape index (κ2) is 8.20. The summed E-state index contributed by atoms with van der Waals surface area (Å²) in [6, 6.07) is 6.67. The van der Waals surface area contributed by atoms with Gasteiger partial charge in [-0.3, -0.25) is 4.79 Å². The molecule has 21 heavy (non-hydrogen) atoms. The summed E-state index contributed by atoms with van der Waals surface area (Å²) in [5.74, 6) is 0.129. The summed E-state index contributed by atoms with van der Waals surface area (Å²) < 4.78 is 6.32. The lowest BCUT2D eigenvalue weighted by Crippen LogP contribution is -2.24. The van der Waals surface area contributed by atoms with E-state index in [4.69, 9.17) is 4.74 Å². The Labute approximate surface area is 140 Å². The highest BCUT2D eigenvalue weighted by molar-refractivity contribution is 9.10. The maximum Gasteiger partial charge on any atom is 0.316 e. The lowest BCUT2D eigenvalue weighted by molar-refractivity contribution is -0.151. The van der Waals surface area contributed by atoms with Gasteiger partial charge in [0.1, 0.15) is 5.60 Å². The molecule has 5 heteroatoms. The fraction of sp³-hybridized carbons (Fsp3) is 0.562. The van der Waals surface area contributed by atoms with Crippen LogP contribution in [0.5, 0.6) is 0 Å². The quantitative estimate of drug-likeness (QED) is 0.592. The van der Waals surface area contributed by atoms with Gasteiger partial charge in [-0.1, -0.05) is 19.9 Å². The number of thioether (sulfide) groups is 1. The van der Waals surface area contributed by atoms with Crippen molar-refractivity contribution in [3.8, 4) is 0 Å². The molecule has 0 fully saturated rings. The fourth-order valence-electron chi connectivity index (χ4n) is 1.60. The van der Waals surface area contributed by atoms with E-state index in [9.17, 15) is 4.79 Å². The molecule has 0 aliphatic rings. The zero-order valence-corrected chi connectivity index (χ0v) is 15.7. The van der Waals surface area contributed by atoms with Crippen molar-refractivity contribution in [2.75, 3.05) is 5.75 Å². The van der Waals surface area contributed by atoms with Gasteiger partial charge in [0, 0.05) is 22.0 Å². The Hall–Kier alpha value is -0.520. The van der Waals surface area contributed by atoms with Crippen LogP contribution in [0.3, 0.4) is 0 Å². The van der Waals surface area contributed by atoms with Gasteiger partial charge in [-0.05, 0) is 54.4 Å². The average molecular weight is 374 g/mol. The molecule has 1 rings (SSSR count). The zero-order chi connectivity index (χ0) is 16.0. The van der Waals surface area contributed by atoms with E-state index in [-0.39, 0.29) is 5.97 Å². The van der Waals surface area contributed by atoms with E-state index in [2.05, 4.69) is 47.2 Å². The van der Waals surface area contributed by atoms with Crippen LogP contribution < -0.4 is 5.32 Å². The van der Waals surface area contributed by atoms with Crippen LogP contribution in [-0.2, 0) is 16.1 Å². The first kappa shape index (κ1) is 18.5. The fourth-order valence-corrected chi connectivity index (χ4v) is 3.06. The minimum Gasteiger partial charge on any atom is -0.459 e. The first-order valence-electron chi connectivity index (χ1n) is 7.04. The van der Waals surface area contributed by atoms with Gasteiger partial charge in [0.15, 0.2) is 0 Å². The van der Waals surface area contributed by atoms with Gasteiger partial charge in [0.05, 0.1) is 5.75 Å². The Morgan fingerprint density at radius 2 is 2.05 bits per heavy atom. The molecule has 118 valence electrons. The van der Waals surface area contributed by atoms with Gasteiger partial charge < -0.3 is 10.1 Å². The van der Waals surface area contributed by atoms with Crippen LogP contribution in [0.2, 0.25) is 0 Å². The van der Waals surface area contributed by atoms with E-state index in [1.165, 1.54) is 17.3 Å².